The van der Waals surface area contributed by atoms with Crippen LogP contribution in [-0.4, -0.2) is 28.0 Å². The number of rotatable bonds is 2. The van der Waals surface area contributed by atoms with E-state index in [-0.39, 0.29) is 18.0 Å². The van der Waals surface area contributed by atoms with E-state index in [0.717, 1.165) is 25.7 Å². The van der Waals surface area contributed by atoms with Crippen LogP contribution in [0.3, 0.4) is 0 Å². The first-order valence-electron chi connectivity index (χ1n) is 8.31. The number of amides is 1. The van der Waals surface area contributed by atoms with Crippen LogP contribution >= 0.6 is 0 Å². The third kappa shape index (κ3) is 2.61. The maximum absolute atomic E-state index is 13.8. The monoisotopic (exact) mass is 316 g/mol. The number of carbonyl (C=O) groups is 1. The molecule has 0 radical (unpaired) electrons. The van der Waals surface area contributed by atoms with Crippen molar-refractivity contribution in [3.63, 3.8) is 0 Å². The summed E-state index contributed by atoms with van der Waals surface area (Å²) < 4.78 is 13.8. The molecule has 1 heterocycles. The minimum Gasteiger partial charge on any atom is -0.349 e. The van der Waals surface area contributed by atoms with E-state index < -0.39 is 5.82 Å². The second-order valence-corrected chi connectivity index (χ2v) is 6.93. The van der Waals surface area contributed by atoms with Crippen LogP contribution in [0, 0.1) is 17.7 Å². The van der Waals surface area contributed by atoms with Crippen molar-refractivity contribution in [1.82, 2.24) is 15.3 Å². The molecule has 0 aliphatic heterocycles. The van der Waals surface area contributed by atoms with Crippen molar-refractivity contribution in [2.45, 2.75) is 44.2 Å². The minimum absolute atomic E-state index is 0.147. The highest BCUT2D eigenvalue weighted by Gasteiger charge is 2.40. The van der Waals surface area contributed by atoms with Crippen LogP contribution in [0.2, 0.25) is 0 Å². The Morgan fingerprint density at radius 1 is 1.30 bits per heavy atom. The van der Waals surface area contributed by atoms with Crippen LogP contribution in [0.4, 0.5) is 4.39 Å². The summed E-state index contributed by atoms with van der Waals surface area (Å²) in [6.45, 7) is 0. The van der Waals surface area contributed by atoms with Crippen molar-refractivity contribution >= 4 is 16.9 Å². The van der Waals surface area contributed by atoms with Gasteiger partial charge in [-0.3, -0.25) is 4.79 Å². The first-order valence-corrected chi connectivity index (χ1v) is 8.31. The lowest BCUT2D eigenvalue weighted by Gasteiger charge is -2.45. The quantitative estimate of drug-likeness (QED) is 0.795. The number of nitrogens with one attached hydrogen (secondary N) is 2. The zero-order valence-corrected chi connectivity index (χ0v) is 12.9. The van der Waals surface area contributed by atoms with Gasteiger partial charge in [-0.15, -0.1) is 0 Å². The number of imidazole rings is 1. The van der Waals surface area contributed by atoms with Gasteiger partial charge >= 0.3 is 0 Å². The Balaban J connectivity index is 1.61. The molecule has 23 heavy (non-hydrogen) atoms. The third-order valence-electron chi connectivity index (χ3n) is 5.41. The van der Waals surface area contributed by atoms with Crippen LogP contribution in [0.5, 0.6) is 0 Å². The molecule has 1 aromatic carbocycles. The van der Waals surface area contributed by atoms with Crippen molar-refractivity contribution in [3.8, 4) is 0 Å². The number of benzene rings is 1. The molecule has 2 aromatic rings. The molecule has 0 saturated heterocycles. The maximum Gasteiger partial charge on any atom is 0.253 e. The second kappa shape index (κ2) is 5.60. The summed E-state index contributed by atoms with van der Waals surface area (Å²) in [5, 5.41) is 3.15. The maximum atomic E-state index is 13.8. The van der Waals surface area contributed by atoms with Crippen LogP contribution in [-0.2, 0) is 0 Å². The smallest absolute Gasteiger partial charge is 0.253 e. The van der Waals surface area contributed by atoms with Gasteiger partial charge in [0, 0.05) is 12.1 Å². The molecule has 0 spiro atoms. The molecule has 4 rings (SSSR count). The molecule has 2 aliphatic carbocycles. The lowest BCUT2D eigenvalue weighted by Crippen LogP contribution is -2.53. The summed E-state index contributed by atoms with van der Waals surface area (Å²) in [6.07, 6.45) is 6.82. The number of fused-ring (bicyclic) bond motifs is 3. The van der Waals surface area contributed by atoms with Gasteiger partial charge in [-0.05, 0) is 49.7 Å². The van der Waals surface area contributed by atoms with Gasteiger partial charge in [0.1, 0.15) is 11.3 Å². The fraction of sp³-hybridized carbons (Fsp3) is 0.529. The van der Waals surface area contributed by atoms with E-state index in [4.69, 9.17) is 5.73 Å². The van der Waals surface area contributed by atoms with Gasteiger partial charge in [-0.25, -0.2) is 9.37 Å². The number of carbonyl (C=O) groups excluding carboxylic acids is 1. The van der Waals surface area contributed by atoms with Gasteiger partial charge in [0.15, 0.2) is 0 Å². The fourth-order valence-electron chi connectivity index (χ4n) is 4.44. The average Bonchev–Trinajstić information content (AvgIpc) is 2.95. The van der Waals surface area contributed by atoms with Crippen LogP contribution < -0.4 is 11.1 Å². The number of hydrogen-bond donors (Lipinski definition) is 3. The zero-order valence-electron chi connectivity index (χ0n) is 12.9. The van der Waals surface area contributed by atoms with E-state index in [1.807, 2.05) is 0 Å². The van der Waals surface area contributed by atoms with Gasteiger partial charge in [0.05, 0.1) is 17.4 Å². The molecule has 1 aromatic heterocycles. The lowest BCUT2D eigenvalue weighted by atomic mass is 9.67. The number of aromatic nitrogens is 2. The Bertz CT molecular complexity index is 729. The normalized spacial score (nSPS) is 30.3. The lowest BCUT2D eigenvalue weighted by molar-refractivity contribution is 0.0757. The molecule has 2 atom stereocenters. The first-order chi connectivity index (χ1) is 11.1. The van der Waals surface area contributed by atoms with Crippen LogP contribution in [0.1, 0.15) is 42.5 Å². The predicted molar refractivity (Wildman–Crippen MR) is 85.3 cm³/mol. The molecular weight excluding hydrogens is 295 g/mol. The van der Waals surface area contributed by atoms with E-state index >= 15 is 0 Å². The summed E-state index contributed by atoms with van der Waals surface area (Å²) in [4.78, 5) is 19.7. The summed E-state index contributed by atoms with van der Waals surface area (Å²) in [6, 6.07) is 3.01. The number of hydrogen-bond acceptors (Lipinski definition) is 3. The van der Waals surface area contributed by atoms with Gasteiger partial charge < -0.3 is 16.0 Å². The van der Waals surface area contributed by atoms with Crippen LogP contribution in [0.25, 0.3) is 11.0 Å². The molecule has 2 fully saturated rings. The molecule has 2 unspecified atom stereocenters. The summed E-state index contributed by atoms with van der Waals surface area (Å²) in [5.41, 5.74) is 7.49. The van der Waals surface area contributed by atoms with E-state index in [1.54, 1.807) is 0 Å². The second-order valence-electron chi connectivity index (χ2n) is 6.93. The highest BCUT2D eigenvalue weighted by Crippen LogP contribution is 2.39. The molecule has 4 N–H and O–H groups in total. The van der Waals surface area contributed by atoms with Gasteiger partial charge in [0.2, 0.25) is 0 Å². The number of nitrogens with zero attached hydrogens (tertiary/aromatic N) is 1. The molecule has 122 valence electrons. The Hall–Kier alpha value is -1.95. The molecule has 2 saturated carbocycles. The molecule has 1 amide bonds. The molecule has 2 aliphatic rings. The van der Waals surface area contributed by atoms with Crippen molar-refractivity contribution in [3.05, 3.63) is 29.8 Å². The van der Waals surface area contributed by atoms with E-state index in [1.165, 1.54) is 24.9 Å². The van der Waals surface area contributed by atoms with E-state index in [9.17, 15) is 9.18 Å². The zero-order chi connectivity index (χ0) is 16.0. The molecule has 5 nitrogen and oxygen atoms in total. The number of aromatic amines is 1. The Kier molecular flexibility index (Phi) is 3.56. The van der Waals surface area contributed by atoms with Gasteiger partial charge in [-0.2, -0.15) is 0 Å². The van der Waals surface area contributed by atoms with Crippen molar-refractivity contribution in [2.24, 2.45) is 17.6 Å². The Morgan fingerprint density at radius 3 is 2.78 bits per heavy atom. The fourth-order valence-corrected chi connectivity index (χ4v) is 4.44. The molecule has 2 bridgehead atoms. The Morgan fingerprint density at radius 2 is 2.04 bits per heavy atom. The number of H-pyrrole nitrogens is 1. The minimum atomic E-state index is -0.433. The predicted octanol–water partition coefficient (Wildman–Crippen LogP) is 2.34. The summed E-state index contributed by atoms with van der Waals surface area (Å²) in [7, 11) is 0. The number of nitrogens with two attached hydrogens (primary N) is 1. The van der Waals surface area contributed by atoms with Crippen molar-refractivity contribution in [2.75, 3.05) is 0 Å². The molecule has 6 heteroatoms. The summed E-state index contributed by atoms with van der Waals surface area (Å²) in [5.74, 6) is 0.200. The van der Waals surface area contributed by atoms with E-state index in [2.05, 4.69) is 15.3 Å². The average molecular weight is 316 g/mol. The highest BCUT2D eigenvalue weighted by molar-refractivity contribution is 6.04. The standard InChI is InChI=1S/C17H21FN4O/c18-11-6-13(16-14(7-11)20-8-21-16)17(23)22-15-9-2-1-3-10(15)5-12(19)4-9/h6-10,12,15H,1-5,19H2,(H,20,21)(H,22,23). The first kappa shape index (κ1) is 14.6. The molecular formula is C17H21FN4O. The topological polar surface area (TPSA) is 83.8 Å². The third-order valence-corrected chi connectivity index (χ3v) is 5.41. The highest BCUT2D eigenvalue weighted by atomic mass is 19.1. The van der Waals surface area contributed by atoms with E-state index in [0.29, 0.717) is 28.4 Å². The van der Waals surface area contributed by atoms with Crippen LogP contribution in [0.15, 0.2) is 18.5 Å². The van der Waals surface area contributed by atoms with Crippen molar-refractivity contribution in [1.29, 1.82) is 0 Å². The largest absolute Gasteiger partial charge is 0.349 e. The van der Waals surface area contributed by atoms with Gasteiger partial charge in [0.25, 0.3) is 5.91 Å². The SMILES string of the molecule is NC1CC2CCCC(C1)C2NC(=O)c1cc(F)cc2[nH]cnc12. The number of halogens is 1. The summed E-state index contributed by atoms with van der Waals surface area (Å²) >= 11 is 0. The van der Waals surface area contributed by atoms with Gasteiger partial charge in [-0.1, -0.05) is 6.42 Å². The van der Waals surface area contributed by atoms with Crippen molar-refractivity contribution < 1.29 is 9.18 Å². The Labute approximate surface area is 133 Å².